The Balaban J connectivity index is 1.74. The number of nitrogens with zero attached hydrogens (tertiary/aromatic N) is 5. The van der Waals surface area contributed by atoms with E-state index in [2.05, 4.69) is 20.4 Å². The van der Waals surface area contributed by atoms with E-state index in [1.54, 1.807) is 30.3 Å². The topological polar surface area (TPSA) is 75.9 Å². The standard InChI is InChI=1S/C17H18N6O/c1-18-17(24)14-6-4-13(5-7-14)12-22(2)15-10-19-11-16(21-15)23-9-3-8-20-23/h3-11H,12H2,1-2H3,(H,18,24). The number of hydrogen-bond acceptors (Lipinski definition) is 5. The van der Waals surface area contributed by atoms with Crippen LogP contribution >= 0.6 is 0 Å². The second kappa shape index (κ2) is 6.91. The zero-order valence-corrected chi connectivity index (χ0v) is 13.5. The zero-order chi connectivity index (χ0) is 16.9. The summed E-state index contributed by atoms with van der Waals surface area (Å²) in [5.41, 5.74) is 1.72. The van der Waals surface area contributed by atoms with Gasteiger partial charge in [-0.15, -0.1) is 0 Å². The molecule has 0 saturated heterocycles. The fourth-order valence-electron chi connectivity index (χ4n) is 2.31. The van der Waals surface area contributed by atoms with Gasteiger partial charge in [0.1, 0.15) is 5.82 Å². The third kappa shape index (κ3) is 3.40. The largest absolute Gasteiger partial charge is 0.355 e. The Labute approximate surface area is 140 Å². The first-order chi connectivity index (χ1) is 11.7. The molecular weight excluding hydrogens is 304 g/mol. The van der Waals surface area contributed by atoms with Crippen molar-refractivity contribution in [2.75, 3.05) is 19.0 Å². The van der Waals surface area contributed by atoms with E-state index in [0.717, 1.165) is 11.4 Å². The number of nitrogens with one attached hydrogen (secondary N) is 1. The molecule has 0 spiro atoms. The summed E-state index contributed by atoms with van der Waals surface area (Å²) in [5.74, 6) is 1.32. The SMILES string of the molecule is CNC(=O)c1ccc(CN(C)c2cncc(-n3cccn3)n2)cc1. The van der Waals surface area contributed by atoms with Crippen molar-refractivity contribution in [3.8, 4) is 5.82 Å². The minimum atomic E-state index is -0.0901. The van der Waals surface area contributed by atoms with Crippen molar-refractivity contribution < 1.29 is 4.79 Å². The van der Waals surface area contributed by atoms with Gasteiger partial charge in [-0.1, -0.05) is 12.1 Å². The quantitative estimate of drug-likeness (QED) is 0.773. The van der Waals surface area contributed by atoms with Gasteiger partial charge >= 0.3 is 0 Å². The molecule has 2 heterocycles. The summed E-state index contributed by atoms with van der Waals surface area (Å²) in [6, 6.07) is 9.34. The molecule has 0 fully saturated rings. The highest BCUT2D eigenvalue weighted by molar-refractivity contribution is 5.93. The van der Waals surface area contributed by atoms with E-state index in [1.165, 1.54) is 0 Å². The highest BCUT2D eigenvalue weighted by atomic mass is 16.1. The molecule has 2 aromatic heterocycles. The fourth-order valence-corrected chi connectivity index (χ4v) is 2.31. The van der Waals surface area contributed by atoms with Crippen LogP contribution in [0.3, 0.4) is 0 Å². The van der Waals surface area contributed by atoms with E-state index >= 15 is 0 Å². The molecule has 0 aliphatic heterocycles. The third-order valence-electron chi connectivity index (χ3n) is 3.60. The van der Waals surface area contributed by atoms with Crippen LogP contribution in [-0.4, -0.2) is 39.8 Å². The van der Waals surface area contributed by atoms with Gasteiger partial charge in [0.25, 0.3) is 5.91 Å². The van der Waals surface area contributed by atoms with Gasteiger partial charge in [-0.25, -0.2) is 9.67 Å². The average Bonchev–Trinajstić information content (AvgIpc) is 3.16. The van der Waals surface area contributed by atoms with Crippen molar-refractivity contribution in [2.24, 2.45) is 0 Å². The molecule has 0 aliphatic rings. The second-order valence-electron chi connectivity index (χ2n) is 5.32. The number of benzene rings is 1. The number of anilines is 1. The Morgan fingerprint density at radius 3 is 2.71 bits per heavy atom. The lowest BCUT2D eigenvalue weighted by molar-refractivity contribution is 0.0963. The van der Waals surface area contributed by atoms with Gasteiger partial charge in [-0.3, -0.25) is 9.78 Å². The summed E-state index contributed by atoms with van der Waals surface area (Å²) < 4.78 is 1.67. The van der Waals surface area contributed by atoms with Crippen LogP contribution in [0.5, 0.6) is 0 Å². The van der Waals surface area contributed by atoms with Crippen LogP contribution in [0.25, 0.3) is 5.82 Å². The predicted octanol–water partition coefficient (Wildman–Crippen LogP) is 1.66. The lowest BCUT2D eigenvalue weighted by Gasteiger charge is -2.18. The normalized spacial score (nSPS) is 10.4. The summed E-state index contributed by atoms with van der Waals surface area (Å²) in [7, 11) is 3.57. The highest BCUT2D eigenvalue weighted by Crippen LogP contribution is 2.14. The number of rotatable bonds is 5. The van der Waals surface area contributed by atoms with Crippen LogP contribution < -0.4 is 10.2 Å². The summed E-state index contributed by atoms with van der Waals surface area (Å²) in [5, 5.41) is 6.77. The molecule has 0 atom stereocenters. The molecule has 3 rings (SSSR count). The van der Waals surface area contributed by atoms with Crippen molar-refractivity contribution in [2.45, 2.75) is 6.54 Å². The fraction of sp³-hybridized carbons (Fsp3) is 0.176. The molecule has 0 radical (unpaired) electrons. The Hall–Kier alpha value is -3.22. The van der Waals surface area contributed by atoms with E-state index in [4.69, 9.17) is 0 Å². The van der Waals surface area contributed by atoms with Gasteiger partial charge in [-0.05, 0) is 23.8 Å². The lowest BCUT2D eigenvalue weighted by atomic mass is 10.1. The molecule has 0 unspecified atom stereocenters. The molecule has 7 heteroatoms. The Bertz CT molecular complexity index is 813. The number of hydrogen-bond donors (Lipinski definition) is 1. The van der Waals surface area contributed by atoms with E-state index in [1.807, 2.05) is 48.5 Å². The lowest BCUT2D eigenvalue weighted by Crippen LogP contribution is -2.20. The van der Waals surface area contributed by atoms with Crippen LogP contribution in [-0.2, 0) is 6.54 Å². The maximum atomic E-state index is 11.6. The molecule has 3 aromatic rings. The minimum Gasteiger partial charge on any atom is -0.355 e. The highest BCUT2D eigenvalue weighted by Gasteiger charge is 2.08. The second-order valence-corrected chi connectivity index (χ2v) is 5.32. The summed E-state index contributed by atoms with van der Waals surface area (Å²) in [4.78, 5) is 22.4. The number of carbonyl (C=O) groups excluding carboxylic acids is 1. The first kappa shape index (κ1) is 15.7. The molecule has 0 bridgehead atoms. The molecule has 1 N–H and O–H groups in total. The molecular formula is C17H18N6O. The Morgan fingerprint density at radius 2 is 2.04 bits per heavy atom. The molecule has 1 amide bonds. The summed E-state index contributed by atoms with van der Waals surface area (Å²) in [6.07, 6.45) is 6.91. The number of aromatic nitrogens is 4. The van der Waals surface area contributed by atoms with E-state index in [-0.39, 0.29) is 5.91 Å². The maximum absolute atomic E-state index is 11.6. The summed E-state index contributed by atoms with van der Waals surface area (Å²) in [6.45, 7) is 0.658. The minimum absolute atomic E-state index is 0.0901. The molecule has 0 aliphatic carbocycles. The van der Waals surface area contributed by atoms with Gasteiger partial charge in [0.15, 0.2) is 5.82 Å². The van der Waals surface area contributed by atoms with Crippen LogP contribution in [0.15, 0.2) is 55.1 Å². The third-order valence-corrected chi connectivity index (χ3v) is 3.60. The smallest absolute Gasteiger partial charge is 0.251 e. The van der Waals surface area contributed by atoms with Crippen LogP contribution in [0, 0.1) is 0 Å². The Morgan fingerprint density at radius 1 is 1.25 bits per heavy atom. The van der Waals surface area contributed by atoms with Gasteiger partial charge in [0.05, 0.1) is 12.4 Å². The van der Waals surface area contributed by atoms with Crippen molar-refractivity contribution in [1.82, 2.24) is 25.1 Å². The first-order valence-electron chi connectivity index (χ1n) is 7.51. The predicted molar refractivity (Wildman–Crippen MR) is 91.1 cm³/mol. The maximum Gasteiger partial charge on any atom is 0.251 e. The van der Waals surface area contributed by atoms with Crippen LogP contribution in [0.2, 0.25) is 0 Å². The van der Waals surface area contributed by atoms with Gasteiger partial charge < -0.3 is 10.2 Å². The van der Waals surface area contributed by atoms with Gasteiger partial charge in [0, 0.05) is 38.6 Å². The van der Waals surface area contributed by atoms with Crippen molar-refractivity contribution >= 4 is 11.7 Å². The van der Waals surface area contributed by atoms with Crippen molar-refractivity contribution in [1.29, 1.82) is 0 Å². The van der Waals surface area contributed by atoms with Crippen LogP contribution in [0.1, 0.15) is 15.9 Å². The zero-order valence-electron chi connectivity index (χ0n) is 13.5. The van der Waals surface area contributed by atoms with E-state index in [9.17, 15) is 4.79 Å². The molecule has 0 saturated carbocycles. The average molecular weight is 322 g/mol. The van der Waals surface area contributed by atoms with Crippen molar-refractivity contribution in [3.63, 3.8) is 0 Å². The van der Waals surface area contributed by atoms with Crippen molar-refractivity contribution in [3.05, 3.63) is 66.2 Å². The molecule has 7 nitrogen and oxygen atoms in total. The monoisotopic (exact) mass is 322 g/mol. The molecule has 1 aromatic carbocycles. The summed E-state index contributed by atoms with van der Waals surface area (Å²) >= 11 is 0. The first-order valence-corrected chi connectivity index (χ1v) is 7.51. The number of amides is 1. The molecule has 122 valence electrons. The van der Waals surface area contributed by atoms with Gasteiger partial charge in [0.2, 0.25) is 0 Å². The number of carbonyl (C=O) groups is 1. The Kier molecular flexibility index (Phi) is 4.51. The van der Waals surface area contributed by atoms with E-state index < -0.39 is 0 Å². The molecule has 24 heavy (non-hydrogen) atoms. The van der Waals surface area contributed by atoms with Crippen LogP contribution in [0.4, 0.5) is 5.82 Å². The van der Waals surface area contributed by atoms with E-state index in [0.29, 0.717) is 17.9 Å². The van der Waals surface area contributed by atoms with Gasteiger partial charge in [-0.2, -0.15) is 5.10 Å².